The Labute approximate surface area is 119 Å². The average molecular weight is 297 g/mol. The molecule has 0 bridgehead atoms. The van der Waals surface area contributed by atoms with Crippen molar-refractivity contribution in [1.82, 2.24) is 14.8 Å². The summed E-state index contributed by atoms with van der Waals surface area (Å²) in [6, 6.07) is 2.94. The minimum atomic E-state index is -0.720. The average Bonchev–Trinajstić information content (AvgIpc) is 2.77. The molecule has 0 fully saturated rings. The lowest BCUT2D eigenvalue weighted by Gasteiger charge is -2.00. The van der Waals surface area contributed by atoms with Crippen LogP contribution in [0.5, 0.6) is 6.01 Å². The number of nitrogens with zero attached hydrogens (tertiary/aromatic N) is 3. The van der Waals surface area contributed by atoms with Crippen molar-refractivity contribution in [3.63, 3.8) is 0 Å². The SMILES string of the molecule is CCOC(=O)COc1nc(-c2cc(F)cc(F)c2)n(C)n1. The third kappa shape index (κ3) is 3.74. The Bertz CT molecular complexity index is 638. The highest BCUT2D eigenvalue weighted by molar-refractivity contribution is 5.70. The van der Waals surface area contributed by atoms with Gasteiger partial charge in [0.05, 0.1) is 6.61 Å². The van der Waals surface area contributed by atoms with E-state index in [0.29, 0.717) is 0 Å². The predicted octanol–water partition coefficient (Wildman–Crippen LogP) is 1.70. The predicted molar refractivity (Wildman–Crippen MR) is 68.5 cm³/mol. The second-order valence-electron chi connectivity index (χ2n) is 4.09. The van der Waals surface area contributed by atoms with Crippen molar-refractivity contribution < 1.29 is 23.0 Å². The number of esters is 1. The van der Waals surface area contributed by atoms with Crippen LogP contribution in [0.3, 0.4) is 0 Å². The van der Waals surface area contributed by atoms with Crippen molar-refractivity contribution in [2.75, 3.05) is 13.2 Å². The van der Waals surface area contributed by atoms with Gasteiger partial charge in [0, 0.05) is 18.7 Å². The summed E-state index contributed by atoms with van der Waals surface area (Å²) in [7, 11) is 1.54. The van der Waals surface area contributed by atoms with Crippen LogP contribution in [-0.4, -0.2) is 33.9 Å². The zero-order valence-corrected chi connectivity index (χ0v) is 11.5. The molecule has 8 heteroatoms. The number of aryl methyl sites for hydroxylation is 1. The Morgan fingerprint density at radius 1 is 1.29 bits per heavy atom. The van der Waals surface area contributed by atoms with Crippen molar-refractivity contribution in [1.29, 1.82) is 0 Å². The summed E-state index contributed by atoms with van der Waals surface area (Å²) >= 11 is 0. The van der Waals surface area contributed by atoms with Crippen LogP contribution in [0.4, 0.5) is 8.78 Å². The molecule has 21 heavy (non-hydrogen) atoms. The summed E-state index contributed by atoms with van der Waals surface area (Å²) in [5, 5.41) is 3.91. The second kappa shape index (κ2) is 6.29. The highest BCUT2D eigenvalue weighted by atomic mass is 19.1. The zero-order valence-electron chi connectivity index (χ0n) is 11.5. The first-order chi connectivity index (χ1) is 9.99. The van der Waals surface area contributed by atoms with Crippen LogP contribution in [-0.2, 0) is 16.6 Å². The van der Waals surface area contributed by atoms with Gasteiger partial charge in [-0.15, -0.1) is 5.10 Å². The molecule has 1 aromatic heterocycles. The van der Waals surface area contributed by atoms with E-state index in [2.05, 4.69) is 10.1 Å². The first-order valence-corrected chi connectivity index (χ1v) is 6.15. The molecule has 2 rings (SSSR count). The Morgan fingerprint density at radius 3 is 2.57 bits per heavy atom. The maximum Gasteiger partial charge on any atom is 0.344 e. The molecule has 0 radical (unpaired) electrons. The van der Waals surface area contributed by atoms with Gasteiger partial charge >= 0.3 is 12.0 Å². The number of halogens is 2. The van der Waals surface area contributed by atoms with Crippen LogP contribution in [0.2, 0.25) is 0 Å². The van der Waals surface area contributed by atoms with E-state index in [9.17, 15) is 13.6 Å². The lowest BCUT2D eigenvalue weighted by Crippen LogP contribution is -2.15. The van der Waals surface area contributed by atoms with E-state index in [0.717, 1.165) is 18.2 Å². The molecule has 0 saturated heterocycles. The third-order valence-electron chi connectivity index (χ3n) is 2.49. The number of benzene rings is 1. The van der Waals surface area contributed by atoms with E-state index in [-0.39, 0.29) is 30.6 Å². The van der Waals surface area contributed by atoms with Gasteiger partial charge in [0.2, 0.25) is 0 Å². The first-order valence-electron chi connectivity index (χ1n) is 6.15. The number of carbonyl (C=O) groups is 1. The molecular formula is C13H13F2N3O3. The van der Waals surface area contributed by atoms with Crippen molar-refractivity contribution in [2.45, 2.75) is 6.92 Å². The van der Waals surface area contributed by atoms with Crippen LogP contribution in [0.15, 0.2) is 18.2 Å². The molecule has 2 aromatic rings. The van der Waals surface area contributed by atoms with Crippen molar-refractivity contribution in [2.24, 2.45) is 7.05 Å². The zero-order chi connectivity index (χ0) is 15.4. The van der Waals surface area contributed by atoms with Crippen LogP contribution >= 0.6 is 0 Å². The fraction of sp³-hybridized carbons (Fsp3) is 0.308. The van der Waals surface area contributed by atoms with Gasteiger partial charge in [-0.3, -0.25) is 0 Å². The number of hydrogen-bond acceptors (Lipinski definition) is 5. The van der Waals surface area contributed by atoms with E-state index in [1.807, 2.05) is 0 Å². The number of rotatable bonds is 5. The largest absolute Gasteiger partial charge is 0.463 e. The molecule has 1 aromatic carbocycles. The summed E-state index contributed by atoms with van der Waals surface area (Å²) < 4.78 is 37.5. The molecule has 112 valence electrons. The third-order valence-corrected chi connectivity index (χ3v) is 2.49. The van der Waals surface area contributed by atoms with E-state index in [4.69, 9.17) is 9.47 Å². The van der Waals surface area contributed by atoms with E-state index < -0.39 is 17.6 Å². The quantitative estimate of drug-likeness (QED) is 0.786. The van der Waals surface area contributed by atoms with E-state index >= 15 is 0 Å². The summed E-state index contributed by atoms with van der Waals surface area (Å²) in [5.74, 6) is -1.78. The maximum absolute atomic E-state index is 13.2. The molecule has 0 atom stereocenters. The molecule has 0 aliphatic carbocycles. The molecule has 0 saturated carbocycles. The lowest BCUT2D eigenvalue weighted by atomic mass is 10.2. The van der Waals surface area contributed by atoms with Gasteiger partial charge in [-0.25, -0.2) is 18.3 Å². The van der Waals surface area contributed by atoms with Crippen molar-refractivity contribution in [3.05, 3.63) is 29.8 Å². The van der Waals surface area contributed by atoms with Crippen LogP contribution in [0.25, 0.3) is 11.4 Å². The van der Waals surface area contributed by atoms with Gasteiger partial charge in [0.15, 0.2) is 12.4 Å². The van der Waals surface area contributed by atoms with Crippen LogP contribution in [0, 0.1) is 11.6 Å². The van der Waals surface area contributed by atoms with Gasteiger partial charge in [0.25, 0.3) is 0 Å². The summed E-state index contributed by atoms with van der Waals surface area (Å²) in [4.78, 5) is 15.1. The van der Waals surface area contributed by atoms with Crippen molar-refractivity contribution >= 4 is 5.97 Å². The summed E-state index contributed by atoms with van der Waals surface area (Å²) in [6.45, 7) is 1.58. The molecular weight excluding hydrogens is 284 g/mol. The summed E-state index contributed by atoms with van der Waals surface area (Å²) in [6.07, 6.45) is 0. The van der Waals surface area contributed by atoms with Gasteiger partial charge in [-0.1, -0.05) is 0 Å². The molecule has 0 amide bonds. The lowest BCUT2D eigenvalue weighted by molar-refractivity contribution is -0.145. The fourth-order valence-corrected chi connectivity index (χ4v) is 1.68. The highest BCUT2D eigenvalue weighted by Gasteiger charge is 2.14. The van der Waals surface area contributed by atoms with E-state index in [1.54, 1.807) is 14.0 Å². The van der Waals surface area contributed by atoms with Crippen LogP contribution < -0.4 is 4.74 Å². The number of ether oxygens (including phenoxy) is 2. The normalized spacial score (nSPS) is 10.5. The maximum atomic E-state index is 13.2. The van der Waals surface area contributed by atoms with Gasteiger partial charge in [0.1, 0.15) is 11.6 Å². The Morgan fingerprint density at radius 2 is 1.95 bits per heavy atom. The van der Waals surface area contributed by atoms with E-state index in [1.165, 1.54) is 4.68 Å². The number of hydrogen-bond donors (Lipinski definition) is 0. The Kier molecular flexibility index (Phi) is 4.46. The van der Waals surface area contributed by atoms with Crippen molar-refractivity contribution in [3.8, 4) is 17.4 Å². The minimum absolute atomic E-state index is 0.0785. The Balaban J connectivity index is 2.17. The topological polar surface area (TPSA) is 66.2 Å². The molecule has 6 nitrogen and oxygen atoms in total. The van der Waals surface area contributed by atoms with Gasteiger partial charge in [-0.05, 0) is 19.1 Å². The monoisotopic (exact) mass is 297 g/mol. The smallest absolute Gasteiger partial charge is 0.344 e. The fourth-order valence-electron chi connectivity index (χ4n) is 1.68. The standard InChI is InChI=1S/C13H13F2N3O3/c1-3-20-11(19)7-21-13-16-12(18(2)17-13)8-4-9(14)6-10(15)5-8/h4-6H,3,7H2,1-2H3. The second-order valence-corrected chi connectivity index (χ2v) is 4.09. The molecule has 0 N–H and O–H groups in total. The summed E-state index contributed by atoms with van der Waals surface area (Å²) in [5.41, 5.74) is 0.216. The van der Waals surface area contributed by atoms with Gasteiger partial charge < -0.3 is 9.47 Å². The minimum Gasteiger partial charge on any atom is -0.463 e. The van der Waals surface area contributed by atoms with Gasteiger partial charge in [-0.2, -0.15) is 4.98 Å². The molecule has 0 aliphatic heterocycles. The number of aromatic nitrogens is 3. The highest BCUT2D eigenvalue weighted by Crippen LogP contribution is 2.21. The van der Waals surface area contributed by atoms with Crippen LogP contribution in [0.1, 0.15) is 6.92 Å². The number of carbonyl (C=O) groups excluding carboxylic acids is 1. The first kappa shape index (κ1) is 14.9. The molecule has 0 unspecified atom stereocenters. The molecule has 1 heterocycles. The molecule has 0 spiro atoms. The molecule has 0 aliphatic rings. The Hall–Kier alpha value is -2.51.